The second-order valence-electron chi connectivity index (χ2n) is 7.21. The van der Waals surface area contributed by atoms with Gasteiger partial charge in [0, 0.05) is 19.7 Å². The van der Waals surface area contributed by atoms with Gasteiger partial charge in [0.1, 0.15) is 5.75 Å². The number of unbranched alkanes of at least 4 members (excludes halogenated alkanes) is 2. The Labute approximate surface area is 196 Å². The second kappa shape index (κ2) is 16.5. The van der Waals surface area contributed by atoms with E-state index in [-0.39, 0.29) is 6.42 Å². The maximum Gasteiger partial charge on any atom is 0.490 e. The van der Waals surface area contributed by atoms with Crippen molar-refractivity contribution in [1.82, 2.24) is 5.32 Å². The van der Waals surface area contributed by atoms with Gasteiger partial charge in [-0.25, -0.2) is 4.79 Å². The molecule has 0 heterocycles. The summed E-state index contributed by atoms with van der Waals surface area (Å²) in [5.41, 5.74) is 2.32. The van der Waals surface area contributed by atoms with Crippen LogP contribution in [0.4, 0.5) is 13.2 Å². The molecule has 2 rings (SSSR count). The van der Waals surface area contributed by atoms with E-state index in [1.54, 1.807) is 0 Å². The molecule has 188 valence electrons. The number of hydrogen-bond donors (Lipinski definition) is 3. The minimum atomic E-state index is -5.08. The molecule has 0 radical (unpaired) electrons. The Hall–Kier alpha value is -3.11. The molecule has 0 aliphatic heterocycles. The molecule has 0 amide bonds. The van der Waals surface area contributed by atoms with Gasteiger partial charge in [0.15, 0.2) is 0 Å². The summed E-state index contributed by atoms with van der Waals surface area (Å²) in [5.74, 6) is -2.67. The van der Waals surface area contributed by atoms with Gasteiger partial charge in [0.2, 0.25) is 0 Å². The first-order valence-electron chi connectivity index (χ1n) is 10.7. The van der Waals surface area contributed by atoms with Crippen molar-refractivity contribution >= 4 is 11.9 Å². The zero-order valence-corrected chi connectivity index (χ0v) is 18.7. The van der Waals surface area contributed by atoms with Crippen LogP contribution >= 0.6 is 0 Å². The predicted octanol–water partition coefficient (Wildman–Crippen LogP) is 4.65. The minimum Gasteiger partial charge on any atom is -0.494 e. The molecule has 0 aliphatic rings. The van der Waals surface area contributed by atoms with Crippen molar-refractivity contribution in [2.75, 3.05) is 19.8 Å². The predicted molar refractivity (Wildman–Crippen MR) is 120 cm³/mol. The lowest BCUT2D eigenvalue weighted by molar-refractivity contribution is -0.192. The van der Waals surface area contributed by atoms with E-state index in [4.69, 9.17) is 24.5 Å². The number of carboxylic acid groups (broad SMARTS) is 2. The average molecular weight is 485 g/mol. The lowest BCUT2D eigenvalue weighted by Crippen LogP contribution is -2.21. The highest BCUT2D eigenvalue weighted by atomic mass is 19.4. The first kappa shape index (κ1) is 28.9. The topological polar surface area (TPSA) is 105 Å². The molecule has 0 bridgehead atoms. The van der Waals surface area contributed by atoms with E-state index in [9.17, 15) is 18.0 Å². The number of hydrogen-bond acceptors (Lipinski definition) is 5. The molecule has 0 saturated heterocycles. The monoisotopic (exact) mass is 485 g/mol. The molecule has 2 aromatic carbocycles. The summed E-state index contributed by atoms with van der Waals surface area (Å²) in [4.78, 5) is 19.3. The van der Waals surface area contributed by atoms with E-state index in [1.807, 2.05) is 42.5 Å². The third-order valence-electron chi connectivity index (χ3n) is 4.32. The Kier molecular flexibility index (Phi) is 14.0. The summed E-state index contributed by atoms with van der Waals surface area (Å²) in [6, 6.07) is 18.1. The summed E-state index contributed by atoms with van der Waals surface area (Å²) in [6.45, 7) is 3.29. The number of carboxylic acids is 2. The highest BCUT2D eigenvalue weighted by Crippen LogP contribution is 2.14. The van der Waals surface area contributed by atoms with Crippen molar-refractivity contribution in [1.29, 1.82) is 0 Å². The normalized spacial score (nSPS) is 10.8. The van der Waals surface area contributed by atoms with Crippen molar-refractivity contribution < 1.29 is 42.4 Å². The van der Waals surface area contributed by atoms with Gasteiger partial charge in [-0.1, -0.05) is 42.5 Å². The van der Waals surface area contributed by atoms with Crippen LogP contribution in [0.15, 0.2) is 54.6 Å². The standard InChI is InChI=1S/C22H29NO4.C2HF3O2/c24-22(25)13-14-23-17-19-9-11-21(12-10-19)27-16-6-2-5-15-26-18-20-7-3-1-4-8-20;3-2(4,5)1(6)7/h1,3-4,7-12,23H,2,5-6,13-18H2,(H,24,25);(H,6,7). The lowest BCUT2D eigenvalue weighted by atomic mass is 10.2. The van der Waals surface area contributed by atoms with Gasteiger partial charge in [-0.05, 0) is 42.5 Å². The number of aliphatic carboxylic acids is 2. The molecule has 0 saturated carbocycles. The highest BCUT2D eigenvalue weighted by molar-refractivity contribution is 5.73. The number of benzene rings is 2. The third kappa shape index (κ3) is 14.9. The van der Waals surface area contributed by atoms with Crippen LogP contribution in [0.2, 0.25) is 0 Å². The molecule has 0 unspecified atom stereocenters. The number of rotatable bonds is 14. The van der Waals surface area contributed by atoms with Crippen LogP contribution in [0.1, 0.15) is 36.8 Å². The van der Waals surface area contributed by atoms with Crippen LogP contribution in [0.3, 0.4) is 0 Å². The van der Waals surface area contributed by atoms with Gasteiger partial charge < -0.3 is 25.0 Å². The van der Waals surface area contributed by atoms with E-state index in [2.05, 4.69) is 17.4 Å². The summed E-state index contributed by atoms with van der Waals surface area (Å²) in [6.07, 6.45) is -1.82. The minimum absolute atomic E-state index is 0.137. The number of alkyl halides is 3. The van der Waals surface area contributed by atoms with Crippen LogP contribution in [0, 0.1) is 0 Å². The maximum absolute atomic E-state index is 10.6. The number of ether oxygens (including phenoxy) is 2. The van der Waals surface area contributed by atoms with Crippen molar-refractivity contribution in [3.63, 3.8) is 0 Å². The Balaban J connectivity index is 0.000000718. The first-order valence-corrected chi connectivity index (χ1v) is 10.7. The molecule has 0 spiro atoms. The Morgan fingerprint density at radius 1 is 0.853 bits per heavy atom. The largest absolute Gasteiger partial charge is 0.494 e. The quantitative estimate of drug-likeness (QED) is 0.335. The zero-order valence-electron chi connectivity index (χ0n) is 18.7. The Morgan fingerprint density at radius 3 is 2.06 bits per heavy atom. The van der Waals surface area contributed by atoms with Gasteiger partial charge in [-0.2, -0.15) is 13.2 Å². The summed E-state index contributed by atoms with van der Waals surface area (Å²) < 4.78 is 43.2. The first-order chi connectivity index (χ1) is 16.2. The molecular formula is C24H30F3NO6. The van der Waals surface area contributed by atoms with Crippen LogP contribution in [-0.2, 0) is 27.5 Å². The maximum atomic E-state index is 10.6. The van der Waals surface area contributed by atoms with Crippen molar-refractivity contribution in [2.24, 2.45) is 0 Å². The van der Waals surface area contributed by atoms with E-state index < -0.39 is 18.1 Å². The molecule has 3 N–H and O–H groups in total. The van der Waals surface area contributed by atoms with Crippen molar-refractivity contribution in [3.05, 3.63) is 65.7 Å². The van der Waals surface area contributed by atoms with Gasteiger partial charge >= 0.3 is 18.1 Å². The molecule has 7 nitrogen and oxygen atoms in total. The van der Waals surface area contributed by atoms with Crippen LogP contribution in [0.25, 0.3) is 0 Å². The van der Waals surface area contributed by atoms with Crippen LogP contribution < -0.4 is 10.1 Å². The summed E-state index contributed by atoms with van der Waals surface area (Å²) in [7, 11) is 0. The number of halogens is 3. The molecule has 0 fully saturated rings. The van der Waals surface area contributed by atoms with E-state index in [0.717, 1.165) is 37.2 Å². The fraction of sp³-hybridized carbons (Fsp3) is 0.417. The molecule has 0 atom stereocenters. The molecular weight excluding hydrogens is 455 g/mol. The SMILES string of the molecule is O=C(O)C(F)(F)F.O=C(O)CCNCc1ccc(OCCCCCOCc2ccccc2)cc1. The second-order valence-corrected chi connectivity index (χ2v) is 7.21. The molecule has 10 heteroatoms. The van der Waals surface area contributed by atoms with Crippen molar-refractivity contribution in [2.45, 2.75) is 45.0 Å². The smallest absolute Gasteiger partial charge is 0.490 e. The highest BCUT2D eigenvalue weighted by Gasteiger charge is 2.38. The third-order valence-corrected chi connectivity index (χ3v) is 4.32. The van der Waals surface area contributed by atoms with Gasteiger partial charge in [0.25, 0.3) is 0 Å². The number of carbonyl (C=O) groups is 2. The zero-order chi connectivity index (χ0) is 25.2. The van der Waals surface area contributed by atoms with E-state index in [0.29, 0.717) is 26.3 Å². The van der Waals surface area contributed by atoms with E-state index >= 15 is 0 Å². The summed E-state index contributed by atoms with van der Waals surface area (Å²) in [5, 5.41) is 18.8. The summed E-state index contributed by atoms with van der Waals surface area (Å²) >= 11 is 0. The van der Waals surface area contributed by atoms with Crippen LogP contribution in [0.5, 0.6) is 5.75 Å². The average Bonchev–Trinajstić information content (AvgIpc) is 2.80. The Morgan fingerprint density at radius 2 is 1.47 bits per heavy atom. The fourth-order valence-corrected chi connectivity index (χ4v) is 2.57. The van der Waals surface area contributed by atoms with Gasteiger partial charge in [-0.15, -0.1) is 0 Å². The molecule has 34 heavy (non-hydrogen) atoms. The molecule has 2 aromatic rings. The molecule has 0 aliphatic carbocycles. The molecule has 0 aromatic heterocycles. The van der Waals surface area contributed by atoms with Gasteiger partial charge in [0.05, 0.1) is 19.6 Å². The Bertz CT molecular complexity index is 829. The number of nitrogens with one attached hydrogen (secondary N) is 1. The fourth-order valence-electron chi connectivity index (χ4n) is 2.57. The van der Waals surface area contributed by atoms with E-state index in [1.165, 1.54) is 5.56 Å². The van der Waals surface area contributed by atoms with Crippen LogP contribution in [-0.4, -0.2) is 48.1 Å². The van der Waals surface area contributed by atoms with Crippen molar-refractivity contribution in [3.8, 4) is 5.75 Å². The van der Waals surface area contributed by atoms with Gasteiger partial charge in [-0.3, -0.25) is 4.79 Å². The lowest BCUT2D eigenvalue weighted by Gasteiger charge is -2.08.